The molecule has 13 heavy (non-hydrogen) atoms. The first-order valence-electron chi connectivity index (χ1n) is 4.88. The van der Waals surface area contributed by atoms with Crippen molar-refractivity contribution in [3.05, 3.63) is 0 Å². The Morgan fingerprint density at radius 1 is 1.08 bits per heavy atom. The van der Waals surface area contributed by atoms with E-state index < -0.39 is 9.53 Å². The van der Waals surface area contributed by atoms with Gasteiger partial charge in [-0.05, 0) is 12.3 Å². The lowest BCUT2D eigenvalue weighted by molar-refractivity contribution is 0.133. The summed E-state index contributed by atoms with van der Waals surface area (Å²) in [5.41, 5.74) is 0. The highest BCUT2D eigenvalue weighted by Crippen LogP contribution is 2.06. The second kappa shape index (κ2) is 8.68. The SMILES string of the molecule is CO[SiH](OC)OCCCCC(C)C. The van der Waals surface area contributed by atoms with Gasteiger partial charge in [0, 0.05) is 20.8 Å². The lowest BCUT2D eigenvalue weighted by Crippen LogP contribution is -2.24. The molecular weight excluding hydrogens is 184 g/mol. The molecule has 0 unspecified atom stereocenters. The predicted molar refractivity (Wildman–Crippen MR) is 55.8 cm³/mol. The fourth-order valence-corrected chi connectivity index (χ4v) is 1.89. The Kier molecular flexibility index (Phi) is 8.75. The van der Waals surface area contributed by atoms with E-state index in [1.54, 1.807) is 14.2 Å². The molecule has 0 amide bonds. The normalized spacial score (nSPS) is 11.5. The van der Waals surface area contributed by atoms with E-state index in [1.807, 2.05) is 0 Å². The summed E-state index contributed by atoms with van der Waals surface area (Å²) in [6, 6.07) is 0. The highest BCUT2D eigenvalue weighted by atomic mass is 28.3. The maximum atomic E-state index is 5.42. The second-order valence-electron chi connectivity index (χ2n) is 3.52. The van der Waals surface area contributed by atoms with Crippen LogP contribution in [0.4, 0.5) is 0 Å². The fourth-order valence-electron chi connectivity index (χ4n) is 1.07. The quantitative estimate of drug-likeness (QED) is 0.448. The molecule has 0 N–H and O–H groups in total. The van der Waals surface area contributed by atoms with Crippen LogP contribution >= 0.6 is 0 Å². The second-order valence-corrected chi connectivity index (χ2v) is 5.37. The molecule has 0 saturated carbocycles. The van der Waals surface area contributed by atoms with Gasteiger partial charge < -0.3 is 13.3 Å². The number of hydrogen-bond acceptors (Lipinski definition) is 3. The molecule has 0 saturated heterocycles. The van der Waals surface area contributed by atoms with Crippen molar-refractivity contribution in [2.45, 2.75) is 33.1 Å². The first-order valence-corrected chi connectivity index (χ1v) is 6.29. The maximum Gasteiger partial charge on any atom is 0.483 e. The van der Waals surface area contributed by atoms with E-state index in [0.717, 1.165) is 18.9 Å². The summed E-state index contributed by atoms with van der Waals surface area (Å²) in [6.07, 6.45) is 3.61. The van der Waals surface area contributed by atoms with Crippen molar-refractivity contribution < 1.29 is 13.3 Å². The van der Waals surface area contributed by atoms with Crippen LogP contribution in [0.5, 0.6) is 0 Å². The first kappa shape index (κ1) is 13.1. The van der Waals surface area contributed by atoms with Gasteiger partial charge >= 0.3 is 9.53 Å². The molecule has 4 heteroatoms. The Morgan fingerprint density at radius 3 is 2.15 bits per heavy atom. The van der Waals surface area contributed by atoms with Gasteiger partial charge in [-0.25, -0.2) is 0 Å². The average Bonchev–Trinajstić information content (AvgIpc) is 2.11. The number of rotatable bonds is 8. The fraction of sp³-hybridized carbons (Fsp3) is 1.00. The molecule has 0 aliphatic carbocycles. The van der Waals surface area contributed by atoms with Crippen molar-refractivity contribution in [2.75, 3.05) is 20.8 Å². The Bertz CT molecular complexity index is 105. The minimum absolute atomic E-state index is 0.769. The number of unbranched alkanes of at least 4 members (excludes halogenated alkanes) is 1. The molecule has 3 nitrogen and oxygen atoms in total. The molecular formula is C9H22O3Si. The van der Waals surface area contributed by atoms with Gasteiger partial charge in [0.15, 0.2) is 0 Å². The van der Waals surface area contributed by atoms with Crippen molar-refractivity contribution in [1.29, 1.82) is 0 Å². The van der Waals surface area contributed by atoms with Gasteiger partial charge in [0.05, 0.1) is 0 Å². The zero-order valence-electron chi connectivity index (χ0n) is 9.21. The van der Waals surface area contributed by atoms with E-state index in [2.05, 4.69) is 13.8 Å². The molecule has 0 aromatic heterocycles. The zero-order chi connectivity index (χ0) is 10.1. The van der Waals surface area contributed by atoms with Crippen molar-refractivity contribution in [3.8, 4) is 0 Å². The van der Waals surface area contributed by atoms with Crippen molar-refractivity contribution in [1.82, 2.24) is 0 Å². The van der Waals surface area contributed by atoms with E-state index in [0.29, 0.717) is 0 Å². The van der Waals surface area contributed by atoms with E-state index in [9.17, 15) is 0 Å². The van der Waals surface area contributed by atoms with Gasteiger partial charge in [0.25, 0.3) is 0 Å². The molecule has 0 spiro atoms. The van der Waals surface area contributed by atoms with Crippen molar-refractivity contribution >= 4 is 9.53 Å². The zero-order valence-corrected chi connectivity index (χ0v) is 10.4. The molecule has 0 rings (SSSR count). The van der Waals surface area contributed by atoms with E-state index in [-0.39, 0.29) is 0 Å². The van der Waals surface area contributed by atoms with Crippen LogP contribution in [0.3, 0.4) is 0 Å². The monoisotopic (exact) mass is 206 g/mol. The maximum absolute atomic E-state index is 5.42. The van der Waals surface area contributed by atoms with Crippen molar-refractivity contribution in [2.24, 2.45) is 5.92 Å². The molecule has 80 valence electrons. The smallest absolute Gasteiger partial charge is 0.379 e. The Labute approximate surface area is 83.3 Å². The summed E-state index contributed by atoms with van der Waals surface area (Å²) >= 11 is 0. The third-order valence-corrected chi connectivity index (χ3v) is 3.09. The average molecular weight is 206 g/mol. The molecule has 0 atom stereocenters. The van der Waals surface area contributed by atoms with E-state index >= 15 is 0 Å². The Hall–Kier alpha value is 0.0969. The summed E-state index contributed by atoms with van der Waals surface area (Å²) < 4.78 is 15.5. The molecule has 0 radical (unpaired) electrons. The number of hydrogen-bond donors (Lipinski definition) is 0. The summed E-state index contributed by atoms with van der Waals surface area (Å²) in [4.78, 5) is 0. The van der Waals surface area contributed by atoms with Gasteiger partial charge in [-0.15, -0.1) is 0 Å². The highest BCUT2D eigenvalue weighted by Gasteiger charge is 2.09. The van der Waals surface area contributed by atoms with Gasteiger partial charge in [-0.3, -0.25) is 0 Å². The standard InChI is InChI=1S/C9H22O3Si/c1-9(2)7-5-6-8-12-13(10-3)11-4/h9,13H,5-8H2,1-4H3. The molecule has 0 fully saturated rings. The molecule has 0 heterocycles. The summed E-state index contributed by atoms with van der Waals surface area (Å²) in [7, 11) is 1.51. The molecule has 0 aromatic carbocycles. The largest absolute Gasteiger partial charge is 0.483 e. The third kappa shape index (κ3) is 8.43. The van der Waals surface area contributed by atoms with Crippen LogP contribution in [0, 0.1) is 5.92 Å². The Morgan fingerprint density at radius 2 is 1.69 bits per heavy atom. The van der Waals surface area contributed by atoms with Crippen LogP contribution in [-0.2, 0) is 13.3 Å². The predicted octanol–water partition coefficient (Wildman–Crippen LogP) is 1.84. The van der Waals surface area contributed by atoms with Gasteiger partial charge in [0.1, 0.15) is 0 Å². The third-order valence-electron chi connectivity index (χ3n) is 1.81. The minimum Gasteiger partial charge on any atom is -0.379 e. The van der Waals surface area contributed by atoms with Gasteiger partial charge in [-0.1, -0.05) is 26.7 Å². The lowest BCUT2D eigenvalue weighted by Gasteiger charge is -2.11. The molecule has 0 aliphatic rings. The highest BCUT2D eigenvalue weighted by molar-refractivity contribution is 6.36. The van der Waals surface area contributed by atoms with Gasteiger partial charge in [-0.2, -0.15) is 0 Å². The van der Waals surface area contributed by atoms with Crippen LogP contribution in [0.25, 0.3) is 0 Å². The van der Waals surface area contributed by atoms with Crippen LogP contribution < -0.4 is 0 Å². The Balaban J connectivity index is 3.14. The summed E-state index contributed by atoms with van der Waals surface area (Å²) in [5, 5.41) is 0. The topological polar surface area (TPSA) is 27.7 Å². The van der Waals surface area contributed by atoms with Crippen molar-refractivity contribution in [3.63, 3.8) is 0 Å². The molecule has 0 aliphatic heterocycles. The minimum atomic E-state index is -1.76. The van der Waals surface area contributed by atoms with Crippen LogP contribution in [0.2, 0.25) is 0 Å². The molecule has 0 aromatic rings. The lowest BCUT2D eigenvalue weighted by atomic mass is 10.1. The molecule has 0 bridgehead atoms. The van der Waals surface area contributed by atoms with Crippen LogP contribution in [0.1, 0.15) is 33.1 Å². The van der Waals surface area contributed by atoms with E-state index in [1.165, 1.54) is 12.8 Å². The summed E-state index contributed by atoms with van der Waals surface area (Å²) in [6.45, 7) is 5.25. The van der Waals surface area contributed by atoms with Crippen LogP contribution in [0.15, 0.2) is 0 Å². The first-order chi connectivity index (χ1) is 6.20. The summed E-state index contributed by atoms with van der Waals surface area (Å²) in [5.74, 6) is 0.790. The van der Waals surface area contributed by atoms with Crippen LogP contribution in [-0.4, -0.2) is 30.4 Å². The van der Waals surface area contributed by atoms with Gasteiger partial charge in [0.2, 0.25) is 0 Å². The van der Waals surface area contributed by atoms with E-state index in [4.69, 9.17) is 13.3 Å².